The van der Waals surface area contributed by atoms with Crippen LogP contribution >= 0.6 is 0 Å². The van der Waals surface area contributed by atoms with Crippen LogP contribution in [0.1, 0.15) is 22.4 Å². The first-order chi connectivity index (χ1) is 9.94. The second-order valence-electron chi connectivity index (χ2n) is 4.88. The van der Waals surface area contributed by atoms with Crippen LogP contribution in [0.2, 0.25) is 0 Å². The summed E-state index contributed by atoms with van der Waals surface area (Å²) in [4.78, 5) is 0.302. The Kier molecular flexibility index (Phi) is 4.76. The van der Waals surface area contributed by atoms with E-state index in [4.69, 9.17) is 0 Å². The van der Waals surface area contributed by atoms with E-state index >= 15 is 0 Å². The number of nitrogens with zero attached hydrogens (tertiary/aromatic N) is 1. The van der Waals surface area contributed by atoms with Gasteiger partial charge < -0.3 is 9.84 Å². The minimum absolute atomic E-state index is 0.105. The topological polar surface area (TPSA) is 84.2 Å². The fraction of sp³-hybridized carbons (Fsp3) is 0.357. The van der Waals surface area contributed by atoms with Gasteiger partial charge in [0.05, 0.1) is 17.1 Å². The van der Waals surface area contributed by atoms with Crippen LogP contribution in [-0.4, -0.2) is 20.6 Å². The quantitative estimate of drug-likeness (QED) is 0.844. The van der Waals surface area contributed by atoms with Gasteiger partial charge in [0.2, 0.25) is 10.0 Å². The molecule has 0 saturated carbocycles. The minimum atomic E-state index is -3.59. The van der Waals surface area contributed by atoms with E-state index in [0.29, 0.717) is 17.1 Å². The monoisotopic (exact) mass is 309 g/mol. The molecule has 0 bridgehead atoms. The van der Waals surface area contributed by atoms with Gasteiger partial charge in [-0.3, -0.25) is 0 Å². The Morgan fingerprint density at radius 1 is 1.24 bits per heavy atom. The first kappa shape index (κ1) is 15.7. The molecule has 0 saturated heterocycles. The van der Waals surface area contributed by atoms with Crippen LogP contribution in [0.15, 0.2) is 33.9 Å². The predicted octanol–water partition coefficient (Wildman–Crippen LogP) is 1.49. The Bertz CT molecular complexity index is 709. The number of hydrogen-bond acceptors (Lipinski definition) is 5. The average Bonchev–Trinajstić information content (AvgIpc) is 2.94. The maximum Gasteiger partial charge on any atom is 0.241 e. The lowest BCUT2D eigenvalue weighted by molar-refractivity contribution is 0.411. The summed E-state index contributed by atoms with van der Waals surface area (Å²) in [5, 5.41) is 6.71. The van der Waals surface area contributed by atoms with E-state index < -0.39 is 10.0 Å². The van der Waals surface area contributed by atoms with Gasteiger partial charge in [0, 0.05) is 12.6 Å². The van der Waals surface area contributed by atoms with E-state index in [1.54, 1.807) is 12.1 Å². The molecule has 0 radical (unpaired) electrons. The highest BCUT2D eigenvalue weighted by atomic mass is 32.2. The number of hydrogen-bond donors (Lipinski definition) is 2. The fourth-order valence-electron chi connectivity index (χ4n) is 2.06. The Morgan fingerprint density at radius 2 is 2.00 bits per heavy atom. The molecule has 0 aliphatic rings. The van der Waals surface area contributed by atoms with Crippen molar-refractivity contribution in [1.82, 2.24) is 15.2 Å². The van der Waals surface area contributed by atoms with Gasteiger partial charge in [0.1, 0.15) is 6.26 Å². The molecule has 1 aromatic carbocycles. The van der Waals surface area contributed by atoms with Crippen LogP contribution in [0.4, 0.5) is 0 Å². The van der Waals surface area contributed by atoms with Gasteiger partial charge in [0.25, 0.3) is 0 Å². The van der Waals surface area contributed by atoms with Crippen molar-refractivity contribution in [3.05, 3.63) is 46.8 Å². The van der Waals surface area contributed by atoms with Gasteiger partial charge in [-0.05, 0) is 43.7 Å². The summed E-state index contributed by atoms with van der Waals surface area (Å²) >= 11 is 0. The lowest BCUT2D eigenvalue weighted by Gasteiger charge is -2.13. The number of benzene rings is 1. The Balaban J connectivity index is 2.30. The first-order valence-electron chi connectivity index (χ1n) is 6.57. The lowest BCUT2D eigenvalue weighted by atomic mass is 10.1. The first-order valence-corrected chi connectivity index (χ1v) is 8.06. The van der Waals surface area contributed by atoms with Crippen LogP contribution in [0.5, 0.6) is 0 Å². The third-order valence-corrected chi connectivity index (χ3v) is 4.81. The third kappa shape index (κ3) is 3.69. The van der Waals surface area contributed by atoms with Crippen molar-refractivity contribution in [2.24, 2.45) is 0 Å². The van der Waals surface area contributed by atoms with Crippen molar-refractivity contribution in [2.45, 2.75) is 31.8 Å². The molecule has 0 aliphatic heterocycles. The molecule has 1 heterocycles. The normalized spacial score (nSPS) is 11.8. The molecule has 0 amide bonds. The smallest absolute Gasteiger partial charge is 0.241 e. The molecular formula is C14H19N3O3S. The number of sulfonamides is 1. The van der Waals surface area contributed by atoms with Crippen LogP contribution in [-0.2, 0) is 23.1 Å². The molecule has 2 rings (SSSR count). The van der Waals surface area contributed by atoms with Crippen LogP contribution in [0.25, 0.3) is 0 Å². The molecule has 0 aliphatic carbocycles. The van der Waals surface area contributed by atoms with Crippen LogP contribution < -0.4 is 10.0 Å². The number of aryl methyl sites for hydroxylation is 1. The van der Waals surface area contributed by atoms with E-state index in [1.165, 1.54) is 6.26 Å². The summed E-state index contributed by atoms with van der Waals surface area (Å²) in [7, 11) is -1.76. The maximum absolute atomic E-state index is 12.5. The van der Waals surface area contributed by atoms with Crippen molar-refractivity contribution in [1.29, 1.82) is 0 Å². The van der Waals surface area contributed by atoms with E-state index in [-0.39, 0.29) is 6.54 Å². The Hall–Kier alpha value is -1.70. The highest BCUT2D eigenvalue weighted by molar-refractivity contribution is 7.89. The summed E-state index contributed by atoms with van der Waals surface area (Å²) < 4.78 is 32.2. The van der Waals surface area contributed by atoms with Crippen molar-refractivity contribution < 1.29 is 12.9 Å². The largest absolute Gasteiger partial charge is 0.364 e. The molecular weight excluding hydrogens is 290 g/mol. The van der Waals surface area contributed by atoms with E-state index in [2.05, 4.69) is 19.7 Å². The highest BCUT2D eigenvalue weighted by Gasteiger charge is 2.19. The summed E-state index contributed by atoms with van der Waals surface area (Å²) in [5.74, 6) is 0. The molecule has 114 valence electrons. The highest BCUT2D eigenvalue weighted by Crippen LogP contribution is 2.21. The van der Waals surface area contributed by atoms with E-state index in [0.717, 1.165) is 16.7 Å². The average molecular weight is 309 g/mol. The van der Waals surface area contributed by atoms with Crippen molar-refractivity contribution in [3.63, 3.8) is 0 Å². The number of rotatable bonds is 6. The van der Waals surface area contributed by atoms with Crippen LogP contribution in [0, 0.1) is 13.8 Å². The van der Waals surface area contributed by atoms with Crippen molar-refractivity contribution in [3.8, 4) is 0 Å². The summed E-state index contributed by atoms with van der Waals surface area (Å²) in [6.45, 7) is 4.44. The van der Waals surface area contributed by atoms with E-state index in [1.807, 2.05) is 27.0 Å². The molecule has 2 N–H and O–H groups in total. The Labute approximate surface area is 124 Å². The van der Waals surface area contributed by atoms with Crippen LogP contribution in [0.3, 0.4) is 0 Å². The zero-order chi connectivity index (χ0) is 15.5. The minimum Gasteiger partial charge on any atom is -0.364 e. The molecule has 6 nitrogen and oxygen atoms in total. The molecule has 21 heavy (non-hydrogen) atoms. The van der Waals surface area contributed by atoms with Gasteiger partial charge in [-0.2, -0.15) is 0 Å². The summed E-state index contributed by atoms with van der Waals surface area (Å²) in [6.07, 6.45) is 1.41. The number of nitrogens with one attached hydrogen (secondary N) is 2. The van der Waals surface area contributed by atoms with Gasteiger partial charge in [-0.15, -0.1) is 0 Å². The van der Waals surface area contributed by atoms with Crippen molar-refractivity contribution in [2.75, 3.05) is 7.05 Å². The molecule has 0 spiro atoms. The van der Waals surface area contributed by atoms with Gasteiger partial charge >= 0.3 is 0 Å². The standard InChI is InChI=1S/C14H19N3O3S/c1-10-6-12(8-15-3)7-14(11(10)2)21(18,19)16-9-13-4-5-20-17-13/h4-7,15-16H,8-9H2,1-3H3. The predicted molar refractivity (Wildman–Crippen MR) is 79.2 cm³/mol. The summed E-state index contributed by atoms with van der Waals surface area (Å²) in [6, 6.07) is 5.31. The number of aromatic nitrogens is 1. The second-order valence-corrected chi connectivity index (χ2v) is 6.62. The van der Waals surface area contributed by atoms with Gasteiger partial charge in [-0.1, -0.05) is 11.2 Å². The zero-order valence-electron chi connectivity index (χ0n) is 12.3. The SMILES string of the molecule is CNCc1cc(C)c(C)c(S(=O)(=O)NCc2ccon2)c1. The fourth-order valence-corrected chi connectivity index (χ4v) is 3.42. The van der Waals surface area contributed by atoms with Crippen molar-refractivity contribution >= 4 is 10.0 Å². The van der Waals surface area contributed by atoms with E-state index in [9.17, 15) is 8.42 Å². The lowest BCUT2D eigenvalue weighted by Crippen LogP contribution is -2.24. The molecule has 0 fully saturated rings. The Morgan fingerprint density at radius 3 is 2.62 bits per heavy atom. The molecule has 0 unspecified atom stereocenters. The molecule has 0 atom stereocenters. The van der Waals surface area contributed by atoms with Gasteiger partial charge in [0.15, 0.2) is 0 Å². The second kappa shape index (κ2) is 6.38. The zero-order valence-corrected chi connectivity index (χ0v) is 13.1. The summed E-state index contributed by atoms with van der Waals surface area (Å²) in [5.41, 5.74) is 3.17. The molecule has 2 aromatic rings. The molecule has 7 heteroatoms. The third-order valence-electron chi connectivity index (χ3n) is 3.28. The van der Waals surface area contributed by atoms with Gasteiger partial charge in [-0.25, -0.2) is 13.1 Å². The molecule has 1 aromatic heterocycles. The maximum atomic E-state index is 12.5.